The lowest BCUT2D eigenvalue weighted by atomic mass is 10.1. The van der Waals surface area contributed by atoms with E-state index >= 15 is 0 Å². The molecule has 0 heterocycles. The molecule has 1 aromatic carbocycles. The summed E-state index contributed by atoms with van der Waals surface area (Å²) >= 11 is 5.96. The van der Waals surface area contributed by atoms with E-state index in [1.54, 1.807) is 19.1 Å². The molecule has 0 aliphatic carbocycles. The van der Waals surface area contributed by atoms with Crippen molar-refractivity contribution in [3.8, 4) is 0 Å². The topological polar surface area (TPSA) is 49.3 Å². The molecule has 0 aliphatic rings. The highest BCUT2D eigenvalue weighted by atomic mass is 35.5. The molecule has 4 heteroatoms. The van der Waals surface area contributed by atoms with E-state index in [9.17, 15) is 4.79 Å². The Morgan fingerprint density at radius 2 is 2.29 bits per heavy atom. The predicted molar refractivity (Wildman–Crippen MR) is 69.9 cm³/mol. The molecule has 0 saturated carbocycles. The highest BCUT2D eigenvalue weighted by Crippen LogP contribution is 2.17. The molecule has 1 atom stereocenters. The van der Waals surface area contributed by atoms with Gasteiger partial charge in [-0.1, -0.05) is 23.7 Å². The maximum atomic E-state index is 11.3. The van der Waals surface area contributed by atoms with Gasteiger partial charge in [0.25, 0.3) is 0 Å². The largest absolute Gasteiger partial charge is 0.392 e. The first-order chi connectivity index (χ1) is 7.99. The van der Waals surface area contributed by atoms with Crippen LogP contribution >= 0.6 is 11.6 Å². The van der Waals surface area contributed by atoms with Crippen molar-refractivity contribution in [3.63, 3.8) is 0 Å². The van der Waals surface area contributed by atoms with E-state index < -0.39 is 6.10 Å². The number of carbonyl (C=O) groups excluding carboxylic acids is 1. The molecule has 0 saturated heterocycles. The Morgan fingerprint density at radius 3 is 2.88 bits per heavy atom. The summed E-state index contributed by atoms with van der Waals surface area (Å²) in [6.07, 6.45) is 2.56. The molecule has 2 N–H and O–H groups in total. The molecule has 92 valence electrons. The van der Waals surface area contributed by atoms with Crippen LogP contribution in [0.15, 0.2) is 24.3 Å². The van der Waals surface area contributed by atoms with E-state index in [1.807, 2.05) is 19.1 Å². The highest BCUT2D eigenvalue weighted by molar-refractivity contribution is 6.31. The molecule has 3 nitrogen and oxygen atoms in total. The van der Waals surface area contributed by atoms with Crippen LogP contribution in [0.25, 0.3) is 6.08 Å². The summed E-state index contributed by atoms with van der Waals surface area (Å²) < 4.78 is 0. The van der Waals surface area contributed by atoms with Crippen molar-refractivity contribution in [2.24, 2.45) is 0 Å². The van der Waals surface area contributed by atoms with Crippen molar-refractivity contribution >= 4 is 23.6 Å². The SMILES string of the molecule is Cc1ccc(/C=C/C(=O)NCC(C)O)cc1Cl. The molecule has 1 amide bonds. The van der Waals surface area contributed by atoms with Crippen molar-refractivity contribution in [1.29, 1.82) is 0 Å². The second-order valence-corrected chi connectivity index (χ2v) is 4.34. The van der Waals surface area contributed by atoms with Crippen LogP contribution in [-0.2, 0) is 4.79 Å². The highest BCUT2D eigenvalue weighted by Gasteiger charge is 1.99. The lowest BCUT2D eigenvalue weighted by Crippen LogP contribution is -2.28. The average molecular weight is 254 g/mol. The lowest BCUT2D eigenvalue weighted by Gasteiger charge is -2.04. The summed E-state index contributed by atoms with van der Waals surface area (Å²) in [5, 5.41) is 12.2. The van der Waals surface area contributed by atoms with Gasteiger partial charge in [0, 0.05) is 17.6 Å². The van der Waals surface area contributed by atoms with Crippen LogP contribution in [-0.4, -0.2) is 23.7 Å². The summed E-state index contributed by atoms with van der Waals surface area (Å²) in [6.45, 7) is 3.78. The van der Waals surface area contributed by atoms with E-state index in [0.29, 0.717) is 5.02 Å². The van der Waals surface area contributed by atoms with Crippen molar-refractivity contribution in [2.75, 3.05) is 6.54 Å². The number of nitrogens with one attached hydrogen (secondary N) is 1. The first-order valence-electron chi connectivity index (χ1n) is 5.39. The third-order valence-corrected chi connectivity index (χ3v) is 2.60. The minimum atomic E-state index is -0.541. The van der Waals surface area contributed by atoms with Gasteiger partial charge in [0.15, 0.2) is 0 Å². The zero-order valence-corrected chi connectivity index (χ0v) is 10.7. The van der Waals surface area contributed by atoms with Gasteiger partial charge in [-0.05, 0) is 37.1 Å². The quantitative estimate of drug-likeness (QED) is 0.808. The van der Waals surface area contributed by atoms with Crippen molar-refractivity contribution in [1.82, 2.24) is 5.32 Å². The van der Waals surface area contributed by atoms with Crippen LogP contribution in [0, 0.1) is 6.92 Å². The summed E-state index contributed by atoms with van der Waals surface area (Å²) in [4.78, 5) is 11.3. The van der Waals surface area contributed by atoms with Gasteiger partial charge in [-0.3, -0.25) is 4.79 Å². The van der Waals surface area contributed by atoms with Crippen LogP contribution < -0.4 is 5.32 Å². The smallest absolute Gasteiger partial charge is 0.244 e. The summed E-state index contributed by atoms with van der Waals surface area (Å²) in [5.41, 5.74) is 1.87. The fraction of sp³-hybridized carbons (Fsp3) is 0.308. The number of halogens is 1. The van der Waals surface area contributed by atoms with Gasteiger partial charge in [-0.25, -0.2) is 0 Å². The molecule has 0 aromatic heterocycles. The normalized spacial score (nSPS) is 12.7. The van der Waals surface area contributed by atoms with E-state index in [-0.39, 0.29) is 12.5 Å². The number of carbonyl (C=O) groups is 1. The van der Waals surface area contributed by atoms with Crippen LogP contribution in [0.1, 0.15) is 18.1 Å². The molecule has 0 bridgehead atoms. The number of hydrogen-bond acceptors (Lipinski definition) is 2. The zero-order valence-electron chi connectivity index (χ0n) is 9.90. The van der Waals surface area contributed by atoms with Gasteiger partial charge in [-0.15, -0.1) is 0 Å². The fourth-order valence-corrected chi connectivity index (χ4v) is 1.38. The second kappa shape index (κ2) is 6.42. The van der Waals surface area contributed by atoms with Gasteiger partial charge in [0.1, 0.15) is 0 Å². The Hall–Kier alpha value is -1.32. The molecule has 0 radical (unpaired) electrons. The first kappa shape index (κ1) is 13.7. The maximum absolute atomic E-state index is 11.3. The Bertz CT molecular complexity index is 427. The second-order valence-electron chi connectivity index (χ2n) is 3.94. The van der Waals surface area contributed by atoms with E-state index in [4.69, 9.17) is 16.7 Å². The first-order valence-corrected chi connectivity index (χ1v) is 5.77. The minimum Gasteiger partial charge on any atom is -0.392 e. The summed E-state index contributed by atoms with van der Waals surface area (Å²) in [6, 6.07) is 5.59. The number of benzene rings is 1. The Balaban J connectivity index is 2.58. The van der Waals surface area contributed by atoms with Gasteiger partial charge in [0.2, 0.25) is 5.91 Å². The molecule has 17 heavy (non-hydrogen) atoms. The van der Waals surface area contributed by atoms with Crippen molar-refractivity contribution < 1.29 is 9.90 Å². The number of hydrogen-bond donors (Lipinski definition) is 2. The standard InChI is InChI=1S/C13H16ClNO2/c1-9-3-4-11(7-12(9)14)5-6-13(17)15-8-10(2)16/h3-7,10,16H,8H2,1-2H3,(H,15,17)/b6-5+. The average Bonchev–Trinajstić information content (AvgIpc) is 2.28. The summed E-state index contributed by atoms with van der Waals surface area (Å²) in [5.74, 6) is -0.234. The Kier molecular flexibility index (Phi) is 5.19. The van der Waals surface area contributed by atoms with Gasteiger partial charge in [0.05, 0.1) is 6.10 Å². The van der Waals surface area contributed by atoms with Crippen molar-refractivity contribution in [3.05, 3.63) is 40.4 Å². The molecule has 0 fully saturated rings. The Labute approximate surface area is 106 Å². The van der Waals surface area contributed by atoms with E-state index in [1.165, 1.54) is 6.08 Å². The molecular formula is C13H16ClNO2. The number of aryl methyl sites for hydroxylation is 1. The molecular weight excluding hydrogens is 238 g/mol. The lowest BCUT2D eigenvalue weighted by molar-refractivity contribution is -0.116. The van der Waals surface area contributed by atoms with Gasteiger partial charge in [-0.2, -0.15) is 0 Å². The zero-order chi connectivity index (χ0) is 12.8. The molecule has 0 spiro atoms. The number of rotatable bonds is 4. The van der Waals surface area contributed by atoms with Crippen LogP contribution in [0.2, 0.25) is 5.02 Å². The fourth-order valence-electron chi connectivity index (χ4n) is 1.19. The monoisotopic (exact) mass is 253 g/mol. The predicted octanol–water partition coefficient (Wildman–Crippen LogP) is 2.16. The number of aliphatic hydroxyl groups is 1. The Morgan fingerprint density at radius 1 is 1.59 bits per heavy atom. The molecule has 1 aromatic rings. The van der Waals surface area contributed by atoms with E-state index in [2.05, 4.69) is 5.32 Å². The third kappa shape index (κ3) is 5.02. The molecule has 0 aliphatic heterocycles. The van der Waals surface area contributed by atoms with Crippen LogP contribution in [0.3, 0.4) is 0 Å². The van der Waals surface area contributed by atoms with Gasteiger partial charge < -0.3 is 10.4 Å². The van der Waals surface area contributed by atoms with Gasteiger partial charge >= 0.3 is 0 Å². The molecule has 1 rings (SSSR count). The minimum absolute atomic E-state index is 0.234. The van der Waals surface area contributed by atoms with E-state index in [0.717, 1.165) is 11.1 Å². The maximum Gasteiger partial charge on any atom is 0.244 e. The van der Waals surface area contributed by atoms with Crippen LogP contribution in [0.4, 0.5) is 0 Å². The number of aliphatic hydroxyl groups excluding tert-OH is 1. The molecule has 1 unspecified atom stereocenters. The van der Waals surface area contributed by atoms with Crippen LogP contribution in [0.5, 0.6) is 0 Å². The van der Waals surface area contributed by atoms with Crippen molar-refractivity contribution in [2.45, 2.75) is 20.0 Å². The number of amides is 1. The summed E-state index contributed by atoms with van der Waals surface area (Å²) in [7, 11) is 0. The third-order valence-electron chi connectivity index (χ3n) is 2.19.